The molecule has 1 aliphatic heterocycles. The van der Waals surface area contributed by atoms with Gasteiger partial charge in [-0.2, -0.15) is 0 Å². The molecule has 29 nitrogen and oxygen atoms in total. The zero-order chi connectivity index (χ0) is 74.1. The Bertz CT molecular complexity index is 3780. The number of aromatic amines is 1. The van der Waals surface area contributed by atoms with E-state index < -0.39 is 114 Å². The highest BCUT2D eigenvalue weighted by atomic mass is 16.5. The van der Waals surface area contributed by atoms with Crippen LogP contribution >= 0.6 is 0 Å². The quantitative estimate of drug-likeness (QED) is 0.0153. The molecule has 0 spiro atoms. The van der Waals surface area contributed by atoms with E-state index in [9.17, 15) is 58.2 Å². The molecule has 0 aliphatic carbocycles. The molecule has 1 saturated heterocycles. The number of guanidine groups is 1. The van der Waals surface area contributed by atoms with Gasteiger partial charge in [-0.3, -0.25) is 52.9 Å². The van der Waals surface area contributed by atoms with Crippen molar-refractivity contribution in [2.45, 2.75) is 153 Å². The number of likely N-dealkylation sites (N-methyl/N-ethyl adjacent to an activating group) is 1. The highest BCUT2D eigenvalue weighted by Crippen LogP contribution is 2.23. The van der Waals surface area contributed by atoms with Crippen molar-refractivity contribution in [1.29, 1.82) is 0 Å². The van der Waals surface area contributed by atoms with Crippen molar-refractivity contribution in [3.8, 4) is 5.75 Å². The number of alkyl carbamates (subject to hydrolysis) is 1. The number of amides is 10. The molecule has 0 bridgehead atoms. The van der Waals surface area contributed by atoms with Crippen molar-refractivity contribution in [3.63, 3.8) is 0 Å². The normalized spacial score (nSPS) is 14.4. The molecule has 546 valence electrons. The largest absolute Gasteiger partial charge is 0.508 e. The van der Waals surface area contributed by atoms with E-state index in [-0.39, 0.29) is 101 Å². The number of para-hydroxylation sites is 1. The molecule has 17 N–H and O–H groups in total. The Morgan fingerprint density at radius 3 is 1.68 bits per heavy atom. The zero-order valence-electron chi connectivity index (χ0n) is 57.7. The number of hydrogen-bond acceptors (Lipinski definition) is 15. The Labute approximate surface area is 591 Å². The summed E-state index contributed by atoms with van der Waals surface area (Å²) in [7, 11) is 0. The van der Waals surface area contributed by atoms with Gasteiger partial charge in [0.2, 0.25) is 53.2 Å². The number of benzene rings is 5. The van der Waals surface area contributed by atoms with Crippen LogP contribution in [0.4, 0.5) is 4.79 Å². The van der Waals surface area contributed by atoms with Crippen LogP contribution in [0.25, 0.3) is 10.9 Å². The van der Waals surface area contributed by atoms with E-state index in [2.05, 4.69) is 57.8 Å². The van der Waals surface area contributed by atoms with E-state index in [0.29, 0.717) is 52.5 Å². The smallest absolute Gasteiger partial charge is 0.408 e. The lowest BCUT2D eigenvalue weighted by molar-refractivity contribution is -0.142. The fourth-order valence-electron chi connectivity index (χ4n) is 11.3. The fraction of sp³-hybridized carbons (Fsp3) is 0.397. The number of rotatable bonds is 36. The minimum Gasteiger partial charge on any atom is -0.508 e. The Balaban J connectivity index is 0.00000398. The average Bonchev–Trinajstić information content (AvgIpc) is 1.62. The number of aliphatic hydroxyl groups is 1. The maximum Gasteiger partial charge on any atom is 0.408 e. The number of likely N-dealkylation sites (tertiary alicyclic amines) is 1. The number of nitrogens with two attached hydrogens (primary N) is 2. The molecular formula is C73H94N14O15. The molecule has 0 saturated carbocycles. The first kappa shape index (κ1) is 79.6. The number of ether oxygens (including phenoxy) is 1. The number of nitrogens with zero attached hydrogens (tertiary/aromatic N) is 2. The first-order valence-electron chi connectivity index (χ1n) is 33.8. The van der Waals surface area contributed by atoms with Gasteiger partial charge < -0.3 is 89.3 Å². The molecular weight excluding hydrogens is 1310 g/mol. The summed E-state index contributed by atoms with van der Waals surface area (Å²) in [5, 5.41) is 53.7. The van der Waals surface area contributed by atoms with Gasteiger partial charge in [0.25, 0.3) is 5.97 Å². The third kappa shape index (κ3) is 26.7. The lowest BCUT2D eigenvalue weighted by Gasteiger charge is -2.30. The maximum atomic E-state index is 15.0. The Morgan fingerprint density at radius 1 is 0.598 bits per heavy atom. The molecule has 29 heteroatoms. The van der Waals surface area contributed by atoms with Crippen LogP contribution in [0.15, 0.2) is 151 Å². The van der Waals surface area contributed by atoms with Crippen molar-refractivity contribution in [2.24, 2.45) is 22.4 Å². The monoisotopic (exact) mass is 1410 g/mol. The summed E-state index contributed by atoms with van der Waals surface area (Å²) in [6, 6.07) is 28.4. The van der Waals surface area contributed by atoms with Crippen LogP contribution in [0.1, 0.15) is 100 Å². The number of aliphatic hydroxyl groups excluding tert-OH is 1. The number of carbonyl (C=O) groups excluding carboxylic acids is 10. The summed E-state index contributed by atoms with van der Waals surface area (Å²) in [6.07, 6.45) is 0.877. The van der Waals surface area contributed by atoms with E-state index >= 15 is 0 Å². The highest BCUT2D eigenvalue weighted by Gasteiger charge is 2.40. The Kier molecular flexibility index (Phi) is 32.2. The van der Waals surface area contributed by atoms with Gasteiger partial charge in [-0.05, 0) is 97.4 Å². The topological polar surface area (TPSA) is 449 Å². The second-order valence-electron chi connectivity index (χ2n) is 24.9. The number of aliphatic carboxylic acids is 1. The lowest BCUT2D eigenvalue weighted by atomic mass is 9.99. The molecule has 0 radical (unpaired) electrons. The first-order chi connectivity index (χ1) is 48.9. The van der Waals surface area contributed by atoms with Gasteiger partial charge in [0.05, 0.1) is 6.61 Å². The summed E-state index contributed by atoms with van der Waals surface area (Å²) in [5.41, 5.74) is 14.9. The highest BCUT2D eigenvalue weighted by molar-refractivity contribution is 5.99. The predicted molar refractivity (Wildman–Crippen MR) is 380 cm³/mol. The first-order valence-corrected chi connectivity index (χ1v) is 33.8. The molecule has 1 fully saturated rings. The maximum absolute atomic E-state index is 15.0. The number of phenolic OH excluding ortho intramolecular Hbond substituents is 1. The van der Waals surface area contributed by atoms with Crippen molar-refractivity contribution < 1.29 is 72.8 Å². The number of aromatic nitrogens is 1. The molecule has 2 heterocycles. The Morgan fingerprint density at radius 2 is 1.10 bits per heavy atom. The van der Waals surface area contributed by atoms with E-state index in [0.717, 1.165) is 12.5 Å². The minimum atomic E-state index is -1.80. The molecule has 10 amide bonds. The van der Waals surface area contributed by atoms with E-state index in [1.807, 2.05) is 44.2 Å². The van der Waals surface area contributed by atoms with E-state index in [1.165, 1.54) is 29.2 Å². The van der Waals surface area contributed by atoms with E-state index in [4.69, 9.17) is 26.1 Å². The fourth-order valence-corrected chi connectivity index (χ4v) is 11.3. The summed E-state index contributed by atoms with van der Waals surface area (Å²) in [4.78, 5) is 160. The van der Waals surface area contributed by atoms with Gasteiger partial charge in [0.15, 0.2) is 5.96 Å². The number of carbonyl (C=O) groups is 11. The SMILES string of the molecule is CC(=O)O.CCNC(=O)[C@@H]1CCCN1C(=O)[C@H](CCCN=C(N)N)NC(=O)[C@H](CC(C)C)NC(=O)[C@@H](Cc1ccccc1)NC(=O)[C@H](Cc1ccc(O)cc1)NC(=O)[C@H](CO)NC(=O)[C@H](Cc1c[nH]c2ccccc12)NC(=O)[C@H](CCC(=O)NCc1ccccc1)NC(=O)OCc1ccccc1. The molecule has 102 heavy (non-hydrogen) atoms. The third-order valence-corrected chi connectivity index (χ3v) is 16.4. The van der Waals surface area contributed by atoms with Crippen LogP contribution in [0, 0.1) is 5.92 Å². The second kappa shape index (κ2) is 41.3. The van der Waals surface area contributed by atoms with Crippen LogP contribution in [0.3, 0.4) is 0 Å². The van der Waals surface area contributed by atoms with Crippen LogP contribution in [0.2, 0.25) is 0 Å². The number of aromatic hydroxyl groups is 1. The standard InChI is InChI=1S/C71H90N14O13.C2H4O2/c1-4-74-68(95)60-27-17-35-85(60)69(96)54(26-16-34-75-70(72)73)78-63(90)55(36-44(2)3)79-64(91)56(37-45-18-8-5-9-19-45)80-65(92)57(38-46-28-30-50(87)31-29-46)81-67(94)59(42-86)83-66(93)58(39-49-41-76-52-25-15-14-24-51(49)52)82-62(89)53(84-71(97)98-43-48-22-12-7-13-23-48)32-33-61(88)77-40-47-20-10-6-11-21-47;1-2(3)4/h5-15,18-25,28-31,41,44,53-60,76,86-87H,4,16-17,26-27,32-40,42-43H2,1-3H3,(H,74,95)(H,77,88)(H,78,90)(H,79,91)(H,80,92)(H,81,94)(H,82,89)(H,83,93)(H,84,97)(H4,72,73,75);1H3,(H,3,4)/t53-,54-,55-,56+,57-,58-,59-,60-;/m0./s1. The molecule has 0 unspecified atom stereocenters. The van der Waals surface area contributed by atoms with Gasteiger partial charge >= 0.3 is 6.09 Å². The molecule has 8 atom stereocenters. The number of phenols is 1. The van der Waals surface area contributed by atoms with Gasteiger partial charge in [-0.25, -0.2) is 4.79 Å². The number of carboxylic acids is 1. The molecule has 5 aromatic carbocycles. The van der Waals surface area contributed by atoms with Gasteiger partial charge in [0.1, 0.15) is 60.7 Å². The van der Waals surface area contributed by atoms with Crippen molar-refractivity contribution in [1.82, 2.24) is 57.7 Å². The number of H-pyrrole nitrogens is 1. The van der Waals surface area contributed by atoms with Crippen molar-refractivity contribution in [2.75, 3.05) is 26.2 Å². The van der Waals surface area contributed by atoms with Gasteiger partial charge in [-0.15, -0.1) is 0 Å². The number of fused-ring (bicyclic) bond motifs is 1. The van der Waals surface area contributed by atoms with Gasteiger partial charge in [0, 0.05) is 75.9 Å². The molecule has 1 aromatic heterocycles. The molecule has 1 aliphatic rings. The minimum absolute atomic E-state index is 0.0681. The number of aliphatic imine (C=N–C) groups is 1. The number of nitrogens with one attached hydrogen (secondary N) is 10. The van der Waals surface area contributed by atoms with Crippen LogP contribution in [-0.2, 0) is 85.1 Å². The number of carboxylic acid groups (broad SMARTS) is 1. The van der Waals surface area contributed by atoms with Gasteiger partial charge in [-0.1, -0.05) is 135 Å². The summed E-state index contributed by atoms with van der Waals surface area (Å²) in [6.45, 7) is 6.23. The van der Waals surface area contributed by atoms with Crippen LogP contribution in [-0.4, -0.2) is 171 Å². The van der Waals surface area contributed by atoms with Crippen molar-refractivity contribution >= 4 is 82.1 Å². The summed E-state index contributed by atoms with van der Waals surface area (Å²) in [5.74, 6) is -8.02. The number of hydrogen-bond donors (Lipinski definition) is 15. The predicted octanol–water partition coefficient (Wildman–Crippen LogP) is 2.51. The molecule has 6 aromatic rings. The lowest BCUT2D eigenvalue weighted by Crippen LogP contribution is -2.61. The Hall–Kier alpha value is -11.4. The zero-order valence-corrected chi connectivity index (χ0v) is 57.7. The second-order valence-corrected chi connectivity index (χ2v) is 24.9. The summed E-state index contributed by atoms with van der Waals surface area (Å²) < 4.78 is 5.46. The average molecular weight is 1410 g/mol. The van der Waals surface area contributed by atoms with Crippen LogP contribution < -0.4 is 59.3 Å². The molecule has 7 rings (SSSR count). The third-order valence-electron chi connectivity index (χ3n) is 16.4. The van der Waals surface area contributed by atoms with Crippen molar-refractivity contribution in [3.05, 3.63) is 174 Å². The van der Waals surface area contributed by atoms with E-state index in [1.54, 1.807) is 98.0 Å². The summed E-state index contributed by atoms with van der Waals surface area (Å²) >= 11 is 0. The van der Waals surface area contributed by atoms with Crippen LogP contribution in [0.5, 0.6) is 5.75 Å².